The van der Waals surface area contributed by atoms with E-state index >= 15 is 0 Å². The fourth-order valence-corrected chi connectivity index (χ4v) is 3.29. The maximum Gasteiger partial charge on any atom is 0.339 e. The lowest BCUT2D eigenvalue weighted by atomic mass is 10.1. The van der Waals surface area contributed by atoms with Crippen LogP contribution in [0.1, 0.15) is 11.1 Å². The zero-order valence-corrected chi connectivity index (χ0v) is 15.1. The van der Waals surface area contributed by atoms with Crippen LogP contribution in [0.15, 0.2) is 36.4 Å². The summed E-state index contributed by atoms with van der Waals surface area (Å²) in [6.07, 6.45) is -5.32. The van der Waals surface area contributed by atoms with Gasteiger partial charge in [0, 0.05) is 11.1 Å². The van der Waals surface area contributed by atoms with Crippen molar-refractivity contribution in [3.05, 3.63) is 70.8 Å². The van der Waals surface area contributed by atoms with E-state index in [9.17, 15) is 27.2 Å². The number of esters is 2. The second-order valence-corrected chi connectivity index (χ2v) is 6.67. The smallest absolute Gasteiger partial charge is 0.339 e. The Morgan fingerprint density at radius 1 is 0.667 bits per heavy atom. The standard InChI is InChI=1S/C20H14F4O6/c21-11-3-1-4-12(22)9(11)7-27-17-15-16(30-19(17)25)18(20(26)29-15)28-8-10-13(23)5-2-6-14(10)24/h1-6,15-18H,7-8H2/t15-,16-,17-,18-/m1/s1. The summed E-state index contributed by atoms with van der Waals surface area (Å²) in [4.78, 5) is 24.2. The lowest BCUT2D eigenvalue weighted by Gasteiger charge is -2.14. The first-order valence-corrected chi connectivity index (χ1v) is 8.87. The van der Waals surface area contributed by atoms with E-state index in [1.165, 1.54) is 12.1 Å². The topological polar surface area (TPSA) is 71.1 Å². The molecule has 0 radical (unpaired) electrons. The predicted octanol–water partition coefficient (Wildman–Crippen LogP) is 2.56. The maximum atomic E-state index is 13.7. The number of rotatable bonds is 6. The Hall–Kier alpha value is -2.98. The highest BCUT2D eigenvalue weighted by atomic mass is 19.1. The number of carbonyl (C=O) groups is 2. The first-order chi connectivity index (χ1) is 14.4. The summed E-state index contributed by atoms with van der Waals surface area (Å²) < 4.78 is 75.6. The van der Waals surface area contributed by atoms with Gasteiger partial charge in [-0.15, -0.1) is 0 Å². The van der Waals surface area contributed by atoms with Gasteiger partial charge in [-0.05, 0) is 24.3 Å². The number of ether oxygens (including phenoxy) is 4. The van der Waals surface area contributed by atoms with Crippen molar-refractivity contribution in [2.24, 2.45) is 0 Å². The highest BCUT2D eigenvalue weighted by Gasteiger charge is 2.59. The highest BCUT2D eigenvalue weighted by Crippen LogP contribution is 2.33. The molecule has 2 saturated heterocycles. The maximum absolute atomic E-state index is 13.7. The molecule has 0 aromatic heterocycles. The van der Waals surface area contributed by atoms with Crippen molar-refractivity contribution in [3.8, 4) is 0 Å². The first kappa shape index (κ1) is 20.3. The Labute approximate surface area is 167 Å². The van der Waals surface area contributed by atoms with E-state index in [-0.39, 0.29) is 0 Å². The van der Waals surface area contributed by atoms with E-state index in [1.54, 1.807) is 0 Å². The van der Waals surface area contributed by atoms with Crippen LogP contribution in [0.25, 0.3) is 0 Å². The Balaban J connectivity index is 1.44. The molecule has 0 bridgehead atoms. The zero-order chi connectivity index (χ0) is 21.4. The summed E-state index contributed by atoms with van der Waals surface area (Å²) in [6, 6.07) is 6.45. The Bertz CT molecular complexity index is 877. The predicted molar refractivity (Wildman–Crippen MR) is 89.6 cm³/mol. The van der Waals surface area contributed by atoms with Crippen molar-refractivity contribution < 1.29 is 46.1 Å². The number of halogens is 4. The molecule has 30 heavy (non-hydrogen) atoms. The second-order valence-electron chi connectivity index (χ2n) is 6.67. The summed E-state index contributed by atoms with van der Waals surface area (Å²) in [7, 11) is 0. The van der Waals surface area contributed by atoms with E-state index in [2.05, 4.69) is 0 Å². The molecule has 2 heterocycles. The van der Waals surface area contributed by atoms with Crippen molar-refractivity contribution in [1.82, 2.24) is 0 Å². The van der Waals surface area contributed by atoms with Gasteiger partial charge in [0.15, 0.2) is 24.4 Å². The van der Waals surface area contributed by atoms with Gasteiger partial charge in [-0.1, -0.05) is 12.1 Å². The van der Waals surface area contributed by atoms with Crippen molar-refractivity contribution in [1.29, 1.82) is 0 Å². The lowest BCUT2D eigenvalue weighted by Crippen LogP contribution is -2.35. The van der Waals surface area contributed by atoms with Gasteiger partial charge < -0.3 is 18.9 Å². The van der Waals surface area contributed by atoms with Gasteiger partial charge in [-0.3, -0.25) is 0 Å². The van der Waals surface area contributed by atoms with Crippen LogP contribution >= 0.6 is 0 Å². The third-order valence-corrected chi connectivity index (χ3v) is 4.83. The van der Waals surface area contributed by atoms with Crippen molar-refractivity contribution in [2.45, 2.75) is 37.6 Å². The van der Waals surface area contributed by atoms with Crippen LogP contribution in [-0.2, 0) is 41.8 Å². The Kier molecular flexibility index (Phi) is 5.44. The number of hydrogen-bond donors (Lipinski definition) is 0. The zero-order valence-electron chi connectivity index (χ0n) is 15.1. The van der Waals surface area contributed by atoms with Crippen molar-refractivity contribution >= 4 is 11.9 Å². The second kappa shape index (κ2) is 8.04. The van der Waals surface area contributed by atoms with Gasteiger partial charge in [-0.2, -0.15) is 0 Å². The van der Waals surface area contributed by atoms with Crippen LogP contribution in [0.3, 0.4) is 0 Å². The molecule has 2 aliphatic heterocycles. The van der Waals surface area contributed by atoms with E-state index < -0.39 is 84.0 Å². The SMILES string of the molecule is O=C1O[C@@H]2[C@@H](OC(=O)[C@@H]2OCc2c(F)cccc2F)[C@H]1OCc1c(F)cccc1F. The molecule has 4 rings (SSSR count). The normalized spacial score (nSPS) is 25.2. The van der Waals surface area contributed by atoms with Gasteiger partial charge in [0.1, 0.15) is 23.3 Å². The van der Waals surface area contributed by atoms with Crippen molar-refractivity contribution in [2.75, 3.05) is 0 Å². The average Bonchev–Trinajstić information content (AvgIpc) is 3.15. The molecular weight excluding hydrogens is 412 g/mol. The number of carbonyl (C=O) groups excluding carboxylic acids is 2. The van der Waals surface area contributed by atoms with Crippen LogP contribution in [0.5, 0.6) is 0 Å². The number of fused-ring (bicyclic) bond motifs is 1. The largest absolute Gasteiger partial charge is 0.453 e. The molecule has 4 atom stereocenters. The molecule has 2 aromatic rings. The van der Waals surface area contributed by atoms with E-state index in [4.69, 9.17) is 18.9 Å². The summed E-state index contributed by atoms with van der Waals surface area (Å²) in [5.74, 6) is -5.30. The monoisotopic (exact) mass is 426 g/mol. The van der Waals surface area contributed by atoms with Gasteiger partial charge in [0.05, 0.1) is 13.2 Å². The number of benzene rings is 2. The fraction of sp³-hybridized carbons (Fsp3) is 0.300. The fourth-order valence-electron chi connectivity index (χ4n) is 3.29. The summed E-state index contributed by atoms with van der Waals surface area (Å²) in [6.45, 7) is -1.21. The minimum Gasteiger partial charge on any atom is -0.453 e. The van der Waals surface area contributed by atoms with Crippen LogP contribution in [0.4, 0.5) is 17.6 Å². The molecule has 0 unspecified atom stereocenters. The molecular formula is C20H14F4O6. The van der Waals surface area contributed by atoms with Gasteiger partial charge in [-0.25, -0.2) is 27.2 Å². The molecule has 0 saturated carbocycles. The van der Waals surface area contributed by atoms with Gasteiger partial charge in [0.2, 0.25) is 0 Å². The highest BCUT2D eigenvalue weighted by molar-refractivity contribution is 5.85. The van der Waals surface area contributed by atoms with Crippen LogP contribution in [0, 0.1) is 23.3 Å². The Morgan fingerprint density at radius 3 is 1.33 bits per heavy atom. The molecule has 0 amide bonds. The molecule has 2 aromatic carbocycles. The van der Waals surface area contributed by atoms with E-state index in [1.807, 2.05) is 0 Å². The minimum atomic E-state index is -1.43. The molecule has 0 aliphatic carbocycles. The quantitative estimate of drug-likeness (QED) is 0.523. The van der Waals surface area contributed by atoms with Crippen molar-refractivity contribution in [3.63, 3.8) is 0 Å². The van der Waals surface area contributed by atoms with Crippen LogP contribution < -0.4 is 0 Å². The lowest BCUT2D eigenvalue weighted by molar-refractivity contribution is -0.165. The molecule has 2 fully saturated rings. The number of hydrogen-bond acceptors (Lipinski definition) is 6. The van der Waals surface area contributed by atoms with E-state index in [0.717, 1.165) is 24.3 Å². The first-order valence-electron chi connectivity index (χ1n) is 8.87. The molecule has 0 N–H and O–H groups in total. The molecule has 158 valence electrons. The molecule has 2 aliphatic rings. The minimum absolute atomic E-state index is 0.402. The third kappa shape index (κ3) is 3.63. The van der Waals surface area contributed by atoms with Crippen LogP contribution in [0.2, 0.25) is 0 Å². The van der Waals surface area contributed by atoms with E-state index in [0.29, 0.717) is 0 Å². The third-order valence-electron chi connectivity index (χ3n) is 4.83. The van der Waals surface area contributed by atoms with Gasteiger partial charge >= 0.3 is 11.9 Å². The molecule has 0 spiro atoms. The van der Waals surface area contributed by atoms with Gasteiger partial charge in [0.25, 0.3) is 0 Å². The Morgan fingerprint density at radius 2 is 1.00 bits per heavy atom. The summed E-state index contributed by atoms with van der Waals surface area (Å²) in [5, 5.41) is 0. The average molecular weight is 426 g/mol. The summed E-state index contributed by atoms with van der Waals surface area (Å²) in [5.41, 5.74) is -0.804. The molecule has 6 nitrogen and oxygen atoms in total. The summed E-state index contributed by atoms with van der Waals surface area (Å²) >= 11 is 0. The molecule has 10 heteroatoms. The van der Waals surface area contributed by atoms with Crippen LogP contribution in [-0.4, -0.2) is 36.4 Å².